The maximum Gasteiger partial charge on any atom is 0.0483 e. The molecule has 1 heterocycles. The van der Waals surface area contributed by atoms with Gasteiger partial charge in [-0.05, 0) is 61.0 Å². The molecule has 0 bridgehead atoms. The zero-order valence-electron chi connectivity index (χ0n) is 11.8. The van der Waals surface area contributed by atoms with Gasteiger partial charge >= 0.3 is 0 Å². The van der Waals surface area contributed by atoms with Gasteiger partial charge in [-0.15, -0.1) is 0 Å². The van der Waals surface area contributed by atoms with E-state index in [0.29, 0.717) is 0 Å². The Bertz CT molecular complexity index is 735. The van der Waals surface area contributed by atoms with Gasteiger partial charge in [0.05, 0.1) is 0 Å². The molecule has 0 aliphatic rings. The van der Waals surface area contributed by atoms with E-state index in [1.807, 2.05) is 0 Å². The van der Waals surface area contributed by atoms with Crippen LogP contribution in [0.3, 0.4) is 0 Å². The Balaban J connectivity index is 1.98. The molecule has 0 spiro atoms. The summed E-state index contributed by atoms with van der Waals surface area (Å²) in [5, 5.41) is 1.32. The summed E-state index contributed by atoms with van der Waals surface area (Å²) < 4.78 is 2.32. The molecule has 19 heavy (non-hydrogen) atoms. The Labute approximate surface area is 114 Å². The van der Waals surface area contributed by atoms with E-state index in [1.54, 1.807) is 0 Å². The number of benzene rings is 2. The minimum atomic E-state index is 0.938. The van der Waals surface area contributed by atoms with Gasteiger partial charge in [0.2, 0.25) is 0 Å². The zero-order chi connectivity index (χ0) is 13.4. The number of fused-ring (bicyclic) bond motifs is 1. The van der Waals surface area contributed by atoms with Crippen molar-refractivity contribution < 1.29 is 0 Å². The molecule has 3 rings (SSSR count). The molecule has 0 saturated heterocycles. The topological polar surface area (TPSA) is 4.93 Å². The van der Waals surface area contributed by atoms with Crippen molar-refractivity contribution in [1.29, 1.82) is 0 Å². The van der Waals surface area contributed by atoms with Gasteiger partial charge in [0, 0.05) is 18.3 Å². The molecule has 1 aromatic heterocycles. The molecule has 0 radical (unpaired) electrons. The number of nitrogens with zero attached hydrogens (tertiary/aromatic N) is 1. The lowest BCUT2D eigenvalue weighted by atomic mass is 10.1. The van der Waals surface area contributed by atoms with Crippen LogP contribution in [0, 0.1) is 20.8 Å². The van der Waals surface area contributed by atoms with Gasteiger partial charge in [-0.2, -0.15) is 0 Å². The van der Waals surface area contributed by atoms with E-state index in [9.17, 15) is 0 Å². The number of rotatable bonds is 2. The second-order valence-corrected chi connectivity index (χ2v) is 5.42. The molecule has 0 atom stereocenters. The molecule has 2 aromatic carbocycles. The standard InChI is InChI=1S/C18H19N/c1-13-4-7-18-17(10-13)8-9-19(18)12-16-6-5-14(2)15(3)11-16/h4-11H,12H2,1-3H3. The Morgan fingerprint density at radius 3 is 2.47 bits per heavy atom. The van der Waals surface area contributed by atoms with Crippen LogP contribution in [0.4, 0.5) is 0 Å². The average molecular weight is 249 g/mol. The van der Waals surface area contributed by atoms with Crippen molar-refractivity contribution in [3.63, 3.8) is 0 Å². The SMILES string of the molecule is Cc1ccc2c(ccn2Cc2ccc(C)c(C)c2)c1. The van der Waals surface area contributed by atoms with Crippen LogP contribution in [0.5, 0.6) is 0 Å². The highest BCUT2D eigenvalue weighted by Gasteiger charge is 2.03. The van der Waals surface area contributed by atoms with Crippen molar-refractivity contribution in [3.05, 3.63) is 70.9 Å². The van der Waals surface area contributed by atoms with Crippen LogP contribution in [-0.4, -0.2) is 4.57 Å². The van der Waals surface area contributed by atoms with Crippen LogP contribution < -0.4 is 0 Å². The molecule has 0 amide bonds. The van der Waals surface area contributed by atoms with Gasteiger partial charge < -0.3 is 4.57 Å². The number of hydrogen-bond donors (Lipinski definition) is 0. The fourth-order valence-electron chi connectivity index (χ4n) is 2.56. The molecule has 1 heteroatoms. The molecule has 0 unspecified atom stereocenters. The smallest absolute Gasteiger partial charge is 0.0483 e. The second-order valence-electron chi connectivity index (χ2n) is 5.42. The maximum atomic E-state index is 2.32. The molecule has 0 aliphatic heterocycles. The summed E-state index contributed by atoms with van der Waals surface area (Å²) in [7, 11) is 0. The van der Waals surface area contributed by atoms with Crippen molar-refractivity contribution in [2.24, 2.45) is 0 Å². The van der Waals surface area contributed by atoms with Crippen LogP contribution in [0.2, 0.25) is 0 Å². The third-order valence-corrected chi connectivity index (χ3v) is 3.85. The van der Waals surface area contributed by atoms with Crippen LogP contribution in [0.25, 0.3) is 10.9 Å². The van der Waals surface area contributed by atoms with E-state index in [4.69, 9.17) is 0 Å². The molecular formula is C18H19N. The lowest BCUT2D eigenvalue weighted by molar-refractivity contribution is 0.835. The summed E-state index contributed by atoms with van der Waals surface area (Å²) in [6.07, 6.45) is 2.18. The number of aryl methyl sites for hydroxylation is 3. The summed E-state index contributed by atoms with van der Waals surface area (Å²) in [6, 6.07) is 15.6. The van der Waals surface area contributed by atoms with Gasteiger partial charge in [0.1, 0.15) is 0 Å². The van der Waals surface area contributed by atoms with E-state index in [0.717, 1.165) is 6.54 Å². The Kier molecular flexibility index (Phi) is 2.90. The minimum absolute atomic E-state index is 0.938. The molecule has 1 nitrogen and oxygen atoms in total. The lowest BCUT2D eigenvalue weighted by Gasteiger charge is -2.08. The van der Waals surface area contributed by atoms with Gasteiger partial charge in [-0.3, -0.25) is 0 Å². The Morgan fingerprint density at radius 2 is 1.68 bits per heavy atom. The third-order valence-electron chi connectivity index (χ3n) is 3.85. The summed E-state index contributed by atoms with van der Waals surface area (Å²) in [5.74, 6) is 0. The highest BCUT2D eigenvalue weighted by Crippen LogP contribution is 2.19. The molecule has 96 valence electrons. The van der Waals surface area contributed by atoms with E-state index >= 15 is 0 Å². The zero-order valence-corrected chi connectivity index (χ0v) is 11.8. The van der Waals surface area contributed by atoms with Gasteiger partial charge in [-0.1, -0.05) is 29.8 Å². The first-order valence-electron chi connectivity index (χ1n) is 6.75. The van der Waals surface area contributed by atoms with Gasteiger partial charge in [-0.25, -0.2) is 0 Å². The van der Waals surface area contributed by atoms with E-state index in [-0.39, 0.29) is 0 Å². The average Bonchev–Trinajstić information content (AvgIpc) is 2.76. The van der Waals surface area contributed by atoms with Crippen LogP contribution in [0.15, 0.2) is 48.7 Å². The molecule has 0 saturated carbocycles. The largest absolute Gasteiger partial charge is 0.343 e. The second kappa shape index (κ2) is 4.58. The molecule has 3 aromatic rings. The number of aromatic nitrogens is 1. The predicted octanol–water partition coefficient (Wildman–Crippen LogP) is 4.61. The summed E-state index contributed by atoms with van der Waals surface area (Å²) in [4.78, 5) is 0. The van der Waals surface area contributed by atoms with E-state index in [1.165, 1.54) is 33.2 Å². The Morgan fingerprint density at radius 1 is 0.842 bits per heavy atom. The number of hydrogen-bond acceptors (Lipinski definition) is 0. The van der Waals surface area contributed by atoms with Crippen LogP contribution in [0.1, 0.15) is 22.3 Å². The molecular weight excluding hydrogens is 230 g/mol. The highest BCUT2D eigenvalue weighted by atomic mass is 14.9. The molecule has 0 fully saturated rings. The Hall–Kier alpha value is -2.02. The summed E-state index contributed by atoms with van der Waals surface area (Å²) >= 11 is 0. The van der Waals surface area contributed by atoms with Gasteiger partial charge in [0.15, 0.2) is 0 Å². The highest BCUT2D eigenvalue weighted by molar-refractivity contribution is 5.80. The van der Waals surface area contributed by atoms with Crippen molar-refractivity contribution in [1.82, 2.24) is 4.57 Å². The first kappa shape index (κ1) is 12.0. The fourth-order valence-corrected chi connectivity index (χ4v) is 2.56. The quantitative estimate of drug-likeness (QED) is 0.625. The monoisotopic (exact) mass is 249 g/mol. The predicted molar refractivity (Wildman–Crippen MR) is 81.7 cm³/mol. The van der Waals surface area contributed by atoms with Crippen molar-refractivity contribution in [3.8, 4) is 0 Å². The first-order chi connectivity index (χ1) is 9.13. The lowest BCUT2D eigenvalue weighted by Crippen LogP contribution is -1.98. The first-order valence-corrected chi connectivity index (χ1v) is 6.75. The molecule has 0 aliphatic carbocycles. The van der Waals surface area contributed by atoms with Crippen molar-refractivity contribution >= 4 is 10.9 Å². The summed E-state index contributed by atoms with van der Waals surface area (Å²) in [5.41, 5.74) is 6.71. The third kappa shape index (κ3) is 2.28. The van der Waals surface area contributed by atoms with E-state index < -0.39 is 0 Å². The summed E-state index contributed by atoms with van der Waals surface area (Å²) in [6.45, 7) is 7.41. The fraction of sp³-hybridized carbons (Fsp3) is 0.222. The van der Waals surface area contributed by atoms with E-state index in [2.05, 4.69) is 74.0 Å². The van der Waals surface area contributed by atoms with Crippen LogP contribution >= 0.6 is 0 Å². The van der Waals surface area contributed by atoms with Crippen molar-refractivity contribution in [2.75, 3.05) is 0 Å². The van der Waals surface area contributed by atoms with Gasteiger partial charge in [0.25, 0.3) is 0 Å². The maximum absolute atomic E-state index is 2.32. The molecule has 0 N–H and O–H groups in total. The van der Waals surface area contributed by atoms with Crippen LogP contribution in [-0.2, 0) is 6.54 Å². The minimum Gasteiger partial charge on any atom is -0.343 e. The van der Waals surface area contributed by atoms with Crippen molar-refractivity contribution in [2.45, 2.75) is 27.3 Å². The normalized spacial score (nSPS) is 11.1.